The number of nitrogens with one attached hydrogen (secondary N) is 3. The second kappa shape index (κ2) is 9.94. The van der Waals surface area contributed by atoms with Crippen molar-refractivity contribution in [2.75, 3.05) is 18.5 Å². The van der Waals surface area contributed by atoms with Crippen LogP contribution in [0.5, 0.6) is 0 Å². The summed E-state index contributed by atoms with van der Waals surface area (Å²) in [6, 6.07) is 14.7. The predicted octanol–water partition coefficient (Wildman–Crippen LogP) is 6.62. The Balaban J connectivity index is 1.18. The van der Waals surface area contributed by atoms with Crippen LogP contribution in [0.15, 0.2) is 42.5 Å². The van der Waals surface area contributed by atoms with Crippen molar-refractivity contribution >= 4 is 22.6 Å². The lowest BCUT2D eigenvalue weighted by Gasteiger charge is -2.25. The first-order valence-corrected chi connectivity index (χ1v) is 14.6. The van der Waals surface area contributed by atoms with Crippen LogP contribution >= 0.6 is 0 Å². The summed E-state index contributed by atoms with van der Waals surface area (Å²) in [5.74, 6) is 2.69. The number of aromatic amines is 2. The number of carbonyl (C=O) groups excluding carboxylic acids is 1. The maximum absolute atomic E-state index is 14.0. The number of hydrogen-bond acceptors (Lipinski definition) is 4. The molecule has 3 aliphatic rings. The summed E-state index contributed by atoms with van der Waals surface area (Å²) in [6.07, 6.45) is 6.99. The van der Waals surface area contributed by atoms with E-state index >= 15 is 0 Å². The lowest BCUT2D eigenvalue weighted by atomic mass is 9.82. The average Bonchev–Trinajstić information content (AvgIpc) is 3.89. The summed E-state index contributed by atoms with van der Waals surface area (Å²) in [5, 5.41) is 10.6. The molecular weight excluding hydrogens is 486 g/mol. The van der Waals surface area contributed by atoms with Crippen LogP contribution in [0.25, 0.3) is 22.2 Å². The van der Waals surface area contributed by atoms with Gasteiger partial charge in [-0.15, -0.1) is 0 Å². The van der Waals surface area contributed by atoms with Crippen LogP contribution in [-0.2, 0) is 9.53 Å². The molecule has 2 saturated carbocycles. The van der Waals surface area contributed by atoms with E-state index in [0.717, 1.165) is 71.1 Å². The van der Waals surface area contributed by atoms with Crippen LogP contribution in [0.3, 0.4) is 0 Å². The minimum atomic E-state index is -0.276. The van der Waals surface area contributed by atoms with E-state index in [0.29, 0.717) is 23.7 Å². The van der Waals surface area contributed by atoms with Gasteiger partial charge in [-0.2, -0.15) is 5.10 Å². The van der Waals surface area contributed by atoms with Crippen molar-refractivity contribution in [1.82, 2.24) is 20.2 Å². The number of fused-ring (bicyclic) bond motifs is 1. The van der Waals surface area contributed by atoms with Gasteiger partial charge in [-0.1, -0.05) is 18.2 Å². The second-order valence-electron chi connectivity index (χ2n) is 11.9. The summed E-state index contributed by atoms with van der Waals surface area (Å²) >= 11 is 0. The number of nitrogens with zero attached hydrogens (tertiary/aromatic N) is 2. The Morgan fingerprint density at radius 1 is 0.974 bits per heavy atom. The summed E-state index contributed by atoms with van der Waals surface area (Å²) in [6.45, 7) is 5.69. The highest BCUT2D eigenvalue weighted by Crippen LogP contribution is 2.55. The van der Waals surface area contributed by atoms with Crippen LogP contribution in [-0.4, -0.2) is 39.3 Å². The molecule has 3 heterocycles. The van der Waals surface area contributed by atoms with Crippen molar-refractivity contribution in [3.63, 3.8) is 0 Å². The van der Waals surface area contributed by atoms with Crippen molar-refractivity contribution in [3.8, 4) is 11.1 Å². The SMILES string of the molecule is Cc1n[nH]c(C)c1-c1ccc(NC(=O)C(c2nc3ccc(C4CCOCC4)cc3[nH]2)C(C2CC2)C2CC2)cc1. The number of hydrogen-bond donors (Lipinski definition) is 3. The van der Waals surface area contributed by atoms with Gasteiger partial charge in [-0.3, -0.25) is 9.89 Å². The molecule has 3 N–H and O–H groups in total. The summed E-state index contributed by atoms with van der Waals surface area (Å²) in [7, 11) is 0. The second-order valence-corrected chi connectivity index (χ2v) is 11.9. The topological polar surface area (TPSA) is 95.7 Å². The number of benzene rings is 2. The molecule has 0 spiro atoms. The zero-order valence-electron chi connectivity index (χ0n) is 22.8. The fourth-order valence-corrected chi connectivity index (χ4v) is 6.77. The Kier molecular flexibility index (Phi) is 6.26. The van der Waals surface area contributed by atoms with Crippen LogP contribution in [0.2, 0.25) is 0 Å². The first kappa shape index (κ1) is 24.6. The molecule has 1 atom stereocenters. The molecule has 202 valence electrons. The lowest BCUT2D eigenvalue weighted by Crippen LogP contribution is -2.31. The van der Waals surface area contributed by atoms with Gasteiger partial charge in [-0.05, 0) is 111 Å². The molecule has 1 amide bonds. The highest BCUT2D eigenvalue weighted by Gasteiger charge is 2.49. The van der Waals surface area contributed by atoms with Crippen LogP contribution < -0.4 is 5.32 Å². The van der Waals surface area contributed by atoms with E-state index in [4.69, 9.17) is 9.72 Å². The summed E-state index contributed by atoms with van der Waals surface area (Å²) < 4.78 is 5.57. The quantitative estimate of drug-likeness (QED) is 0.242. The Bertz CT molecular complexity index is 1460. The Labute approximate surface area is 229 Å². The van der Waals surface area contributed by atoms with E-state index in [2.05, 4.69) is 50.8 Å². The predicted molar refractivity (Wildman–Crippen MR) is 153 cm³/mol. The van der Waals surface area contributed by atoms with Gasteiger partial charge in [-0.25, -0.2) is 4.98 Å². The van der Waals surface area contributed by atoms with Gasteiger partial charge < -0.3 is 15.0 Å². The van der Waals surface area contributed by atoms with Crippen LogP contribution in [0.1, 0.15) is 73.1 Å². The fraction of sp³-hybridized carbons (Fsp3) is 0.469. The normalized spacial score (nSPS) is 19.1. The van der Waals surface area contributed by atoms with E-state index in [9.17, 15) is 4.79 Å². The third-order valence-corrected chi connectivity index (χ3v) is 9.08. The maximum atomic E-state index is 14.0. The van der Waals surface area contributed by atoms with Gasteiger partial charge in [0.05, 0.1) is 22.6 Å². The standard InChI is InChI=1S/C32H37N5O2/c1-18-28(19(2)37-36-18)21-7-10-25(11-8-21)33-32(38)30(29(22-3-4-22)23-5-6-23)31-34-26-12-9-24(17-27(26)35-31)20-13-15-39-16-14-20/h7-12,17,20,22-23,29-30H,3-6,13-16H2,1-2H3,(H,33,38)(H,34,35)(H,36,37). The Morgan fingerprint density at radius 2 is 1.69 bits per heavy atom. The minimum Gasteiger partial charge on any atom is -0.381 e. The minimum absolute atomic E-state index is 0.0472. The zero-order chi connectivity index (χ0) is 26.5. The van der Waals surface area contributed by atoms with Crippen molar-refractivity contribution < 1.29 is 9.53 Å². The smallest absolute Gasteiger partial charge is 0.235 e. The molecule has 7 rings (SSSR count). The third-order valence-electron chi connectivity index (χ3n) is 9.08. The molecule has 3 fully saturated rings. The van der Waals surface area contributed by atoms with E-state index in [1.165, 1.54) is 31.2 Å². The van der Waals surface area contributed by atoms with E-state index in [-0.39, 0.29) is 11.8 Å². The number of ether oxygens (including phenoxy) is 1. The van der Waals surface area contributed by atoms with Crippen LogP contribution in [0, 0.1) is 31.6 Å². The number of aromatic nitrogens is 4. The Hall–Kier alpha value is -3.45. The summed E-state index contributed by atoms with van der Waals surface area (Å²) in [5.41, 5.74) is 8.38. The molecule has 2 aliphatic carbocycles. The van der Waals surface area contributed by atoms with Gasteiger partial charge in [0.25, 0.3) is 0 Å². The summed E-state index contributed by atoms with van der Waals surface area (Å²) in [4.78, 5) is 22.7. The van der Waals surface area contributed by atoms with Gasteiger partial charge >= 0.3 is 0 Å². The third kappa shape index (κ3) is 4.89. The van der Waals surface area contributed by atoms with Gasteiger partial charge in [0, 0.05) is 30.2 Å². The first-order chi connectivity index (χ1) is 19.0. The van der Waals surface area contributed by atoms with Gasteiger partial charge in [0.15, 0.2) is 0 Å². The lowest BCUT2D eigenvalue weighted by molar-refractivity contribution is -0.119. The van der Waals surface area contributed by atoms with Gasteiger partial charge in [0.1, 0.15) is 5.82 Å². The van der Waals surface area contributed by atoms with Crippen molar-refractivity contribution in [2.24, 2.45) is 17.8 Å². The molecule has 4 aromatic rings. The number of imidazole rings is 1. The van der Waals surface area contributed by atoms with E-state index < -0.39 is 0 Å². The molecule has 2 aromatic heterocycles. The number of rotatable bonds is 8. The molecular formula is C32H37N5O2. The number of anilines is 1. The molecule has 1 aliphatic heterocycles. The average molecular weight is 524 g/mol. The van der Waals surface area contributed by atoms with Gasteiger partial charge in [0.2, 0.25) is 5.91 Å². The number of aryl methyl sites for hydroxylation is 2. The Morgan fingerprint density at radius 3 is 2.33 bits per heavy atom. The molecule has 7 heteroatoms. The number of amides is 1. The van der Waals surface area contributed by atoms with Crippen LogP contribution in [0.4, 0.5) is 5.69 Å². The van der Waals surface area contributed by atoms with Crippen molar-refractivity contribution in [2.45, 2.75) is 64.2 Å². The zero-order valence-corrected chi connectivity index (χ0v) is 22.8. The van der Waals surface area contributed by atoms with Crippen molar-refractivity contribution in [3.05, 3.63) is 65.2 Å². The molecule has 1 saturated heterocycles. The van der Waals surface area contributed by atoms with E-state index in [1.807, 2.05) is 26.0 Å². The first-order valence-electron chi connectivity index (χ1n) is 14.6. The highest BCUT2D eigenvalue weighted by atomic mass is 16.5. The maximum Gasteiger partial charge on any atom is 0.235 e. The fourth-order valence-electron chi connectivity index (χ4n) is 6.77. The monoisotopic (exact) mass is 523 g/mol. The van der Waals surface area contributed by atoms with Crippen molar-refractivity contribution in [1.29, 1.82) is 0 Å². The van der Waals surface area contributed by atoms with E-state index in [1.54, 1.807) is 0 Å². The molecule has 0 bridgehead atoms. The molecule has 1 unspecified atom stereocenters. The molecule has 0 radical (unpaired) electrons. The highest BCUT2D eigenvalue weighted by molar-refractivity contribution is 5.96. The molecule has 39 heavy (non-hydrogen) atoms. The molecule has 2 aromatic carbocycles. The number of carbonyl (C=O) groups is 1. The number of H-pyrrole nitrogens is 2. The molecule has 7 nitrogen and oxygen atoms in total. The largest absolute Gasteiger partial charge is 0.381 e.